The van der Waals surface area contributed by atoms with Crippen LogP contribution in [0, 0.1) is 0 Å². The first kappa shape index (κ1) is 14.4. The maximum absolute atomic E-state index is 12.3. The standard InChI is InChI=1S/C19H20N2O/c1-14(15-8-4-3-5-9-15)20-19(22)12-16-13-21(2)18-11-7-6-10-17(16)18/h3-11,13-14H,12H2,1-2H3,(H,20,22). The van der Waals surface area contributed by atoms with Crippen molar-refractivity contribution in [3.63, 3.8) is 0 Å². The van der Waals surface area contributed by atoms with Crippen LogP contribution in [-0.2, 0) is 18.3 Å². The molecule has 0 saturated carbocycles. The molecule has 0 saturated heterocycles. The minimum atomic E-state index is 0.0173. The Morgan fingerprint density at radius 2 is 1.77 bits per heavy atom. The molecule has 3 rings (SSSR count). The Kier molecular flexibility index (Phi) is 3.96. The van der Waals surface area contributed by atoms with E-state index < -0.39 is 0 Å². The van der Waals surface area contributed by atoms with Crippen LogP contribution in [0.4, 0.5) is 0 Å². The summed E-state index contributed by atoms with van der Waals surface area (Å²) in [4.78, 5) is 12.3. The Morgan fingerprint density at radius 3 is 2.55 bits per heavy atom. The number of aryl methyl sites for hydroxylation is 1. The van der Waals surface area contributed by atoms with Crippen molar-refractivity contribution in [2.24, 2.45) is 7.05 Å². The zero-order chi connectivity index (χ0) is 15.5. The maximum Gasteiger partial charge on any atom is 0.224 e. The molecule has 0 aliphatic rings. The van der Waals surface area contributed by atoms with E-state index in [9.17, 15) is 4.79 Å². The van der Waals surface area contributed by atoms with Gasteiger partial charge in [0, 0.05) is 24.1 Å². The zero-order valence-electron chi connectivity index (χ0n) is 12.9. The predicted octanol–water partition coefficient (Wildman–Crippen LogP) is 3.60. The van der Waals surface area contributed by atoms with Gasteiger partial charge in [-0.25, -0.2) is 0 Å². The van der Waals surface area contributed by atoms with Crippen LogP contribution >= 0.6 is 0 Å². The lowest BCUT2D eigenvalue weighted by molar-refractivity contribution is -0.121. The molecular weight excluding hydrogens is 272 g/mol. The fourth-order valence-electron chi connectivity index (χ4n) is 2.86. The van der Waals surface area contributed by atoms with E-state index in [-0.39, 0.29) is 11.9 Å². The Balaban J connectivity index is 1.74. The van der Waals surface area contributed by atoms with Crippen LogP contribution in [0.25, 0.3) is 10.9 Å². The molecule has 3 nitrogen and oxygen atoms in total. The third kappa shape index (κ3) is 2.89. The van der Waals surface area contributed by atoms with Crippen LogP contribution in [0.2, 0.25) is 0 Å². The van der Waals surface area contributed by atoms with E-state index in [2.05, 4.69) is 22.0 Å². The molecule has 1 unspecified atom stereocenters. The highest BCUT2D eigenvalue weighted by Crippen LogP contribution is 2.21. The summed E-state index contributed by atoms with van der Waals surface area (Å²) in [6.07, 6.45) is 2.44. The number of rotatable bonds is 4. The van der Waals surface area contributed by atoms with Crippen LogP contribution in [0.5, 0.6) is 0 Å². The molecule has 0 aliphatic heterocycles. The van der Waals surface area contributed by atoms with E-state index in [1.54, 1.807) is 0 Å². The average molecular weight is 292 g/mol. The first-order valence-corrected chi connectivity index (χ1v) is 7.52. The Morgan fingerprint density at radius 1 is 1.09 bits per heavy atom. The smallest absolute Gasteiger partial charge is 0.224 e. The first-order valence-electron chi connectivity index (χ1n) is 7.52. The molecule has 1 amide bonds. The van der Waals surface area contributed by atoms with Crippen molar-refractivity contribution in [1.29, 1.82) is 0 Å². The van der Waals surface area contributed by atoms with E-state index in [0.29, 0.717) is 6.42 Å². The minimum absolute atomic E-state index is 0.0173. The van der Waals surface area contributed by atoms with Gasteiger partial charge in [-0.05, 0) is 24.1 Å². The number of aromatic nitrogens is 1. The molecule has 0 aliphatic carbocycles. The number of amides is 1. The third-order valence-corrected chi connectivity index (χ3v) is 4.01. The number of hydrogen-bond donors (Lipinski definition) is 1. The van der Waals surface area contributed by atoms with E-state index in [0.717, 1.165) is 22.0 Å². The van der Waals surface area contributed by atoms with Gasteiger partial charge in [-0.1, -0.05) is 48.5 Å². The molecule has 0 fully saturated rings. The summed E-state index contributed by atoms with van der Waals surface area (Å²) in [5.41, 5.74) is 3.34. The molecule has 3 aromatic rings. The summed E-state index contributed by atoms with van der Waals surface area (Å²) < 4.78 is 2.07. The van der Waals surface area contributed by atoms with E-state index in [1.807, 2.05) is 62.6 Å². The van der Waals surface area contributed by atoms with Crippen molar-refractivity contribution >= 4 is 16.8 Å². The van der Waals surface area contributed by atoms with Gasteiger partial charge in [0.1, 0.15) is 0 Å². The highest BCUT2D eigenvalue weighted by molar-refractivity contribution is 5.89. The Hall–Kier alpha value is -2.55. The van der Waals surface area contributed by atoms with E-state index >= 15 is 0 Å². The molecule has 112 valence electrons. The molecule has 1 aromatic heterocycles. The second kappa shape index (κ2) is 6.06. The number of benzene rings is 2. The maximum atomic E-state index is 12.3. The highest BCUT2D eigenvalue weighted by atomic mass is 16.1. The monoisotopic (exact) mass is 292 g/mol. The van der Waals surface area contributed by atoms with Crippen molar-refractivity contribution in [2.75, 3.05) is 0 Å². The fraction of sp³-hybridized carbons (Fsp3) is 0.211. The van der Waals surface area contributed by atoms with Gasteiger partial charge in [-0.3, -0.25) is 4.79 Å². The normalized spacial score (nSPS) is 12.3. The third-order valence-electron chi connectivity index (χ3n) is 4.01. The number of nitrogens with zero attached hydrogens (tertiary/aromatic N) is 1. The minimum Gasteiger partial charge on any atom is -0.350 e. The molecule has 0 bridgehead atoms. The number of nitrogens with one attached hydrogen (secondary N) is 1. The van der Waals surface area contributed by atoms with E-state index in [4.69, 9.17) is 0 Å². The highest BCUT2D eigenvalue weighted by Gasteiger charge is 2.13. The summed E-state index contributed by atoms with van der Waals surface area (Å²) in [5, 5.41) is 4.22. The van der Waals surface area contributed by atoms with Gasteiger partial charge >= 0.3 is 0 Å². The lowest BCUT2D eigenvalue weighted by Crippen LogP contribution is -2.28. The van der Waals surface area contributed by atoms with Gasteiger partial charge in [-0.2, -0.15) is 0 Å². The zero-order valence-corrected chi connectivity index (χ0v) is 12.9. The van der Waals surface area contributed by atoms with Gasteiger partial charge in [0.2, 0.25) is 5.91 Å². The summed E-state index contributed by atoms with van der Waals surface area (Å²) in [6.45, 7) is 2.01. The SMILES string of the molecule is CC(NC(=O)Cc1cn(C)c2ccccc12)c1ccccc1. The Labute approximate surface area is 130 Å². The second-order valence-corrected chi connectivity index (χ2v) is 5.66. The molecule has 1 atom stereocenters. The predicted molar refractivity (Wildman–Crippen MR) is 89.6 cm³/mol. The van der Waals surface area contributed by atoms with Gasteiger partial charge < -0.3 is 9.88 Å². The van der Waals surface area contributed by atoms with E-state index in [1.165, 1.54) is 0 Å². The van der Waals surface area contributed by atoms with Crippen molar-refractivity contribution in [3.05, 3.63) is 71.9 Å². The molecule has 1 N–H and O–H groups in total. The fourth-order valence-corrected chi connectivity index (χ4v) is 2.86. The molecule has 0 radical (unpaired) electrons. The lowest BCUT2D eigenvalue weighted by atomic mass is 10.1. The van der Waals surface area contributed by atoms with Crippen molar-refractivity contribution in [3.8, 4) is 0 Å². The van der Waals surface area contributed by atoms with Gasteiger partial charge in [0.25, 0.3) is 0 Å². The van der Waals surface area contributed by atoms with Crippen molar-refractivity contribution in [2.45, 2.75) is 19.4 Å². The number of fused-ring (bicyclic) bond motifs is 1. The van der Waals surface area contributed by atoms with Crippen LogP contribution in [-0.4, -0.2) is 10.5 Å². The average Bonchev–Trinajstić information content (AvgIpc) is 2.85. The summed E-state index contributed by atoms with van der Waals surface area (Å²) >= 11 is 0. The van der Waals surface area contributed by atoms with Gasteiger partial charge in [0.15, 0.2) is 0 Å². The quantitative estimate of drug-likeness (QED) is 0.783. The molecule has 1 heterocycles. The molecular formula is C19H20N2O. The van der Waals surface area contributed by atoms with Crippen molar-refractivity contribution < 1.29 is 4.79 Å². The number of hydrogen-bond acceptors (Lipinski definition) is 1. The molecule has 2 aromatic carbocycles. The largest absolute Gasteiger partial charge is 0.350 e. The number of para-hydroxylation sites is 1. The summed E-state index contributed by atoms with van der Waals surface area (Å²) in [7, 11) is 2.01. The molecule has 3 heteroatoms. The number of carbonyl (C=O) groups excluding carboxylic acids is 1. The van der Waals surface area contributed by atoms with Crippen LogP contribution < -0.4 is 5.32 Å². The second-order valence-electron chi connectivity index (χ2n) is 5.66. The topological polar surface area (TPSA) is 34.0 Å². The summed E-state index contributed by atoms with van der Waals surface area (Å²) in [5.74, 6) is 0.0488. The number of carbonyl (C=O) groups is 1. The first-order chi connectivity index (χ1) is 10.6. The molecule has 0 spiro atoms. The van der Waals surface area contributed by atoms with Gasteiger partial charge in [0.05, 0.1) is 12.5 Å². The molecule has 22 heavy (non-hydrogen) atoms. The lowest BCUT2D eigenvalue weighted by Gasteiger charge is -2.14. The Bertz CT molecular complexity index is 790. The summed E-state index contributed by atoms with van der Waals surface area (Å²) in [6, 6.07) is 18.2. The van der Waals surface area contributed by atoms with Crippen LogP contribution in [0.3, 0.4) is 0 Å². The van der Waals surface area contributed by atoms with Gasteiger partial charge in [-0.15, -0.1) is 0 Å². The van der Waals surface area contributed by atoms with Crippen LogP contribution in [0.15, 0.2) is 60.8 Å². The van der Waals surface area contributed by atoms with Crippen molar-refractivity contribution in [1.82, 2.24) is 9.88 Å². The van der Waals surface area contributed by atoms with Crippen LogP contribution in [0.1, 0.15) is 24.1 Å².